The summed E-state index contributed by atoms with van der Waals surface area (Å²) in [6, 6.07) is 8.20. The summed E-state index contributed by atoms with van der Waals surface area (Å²) in [5.74, 6) is -0.0134. The molecule has 0 unspecified atom stereocenters. The third-order valence-electron chi connectivity index (χ3n) is 7.35. The Hall–Kier alpha value is -3.75. The van der Waals surface area contributed by atoms with Crippen LogP contribution >= 0.6 is 0 Å². The molecule has 3 aromatic rings. The van der Waals surface area contributed by atoms with E-state index in [0.717, 1.165) is 36.8 Å². The minimum atomic E-state index is -0.810. The Morgan fingerprint density at radius 3 is 2.76 bits per heavy atom. The highest BCUT2D eigenvalue weighted by Crippen LogP contribution is 2.46. The lowest BCUT2D eigenvalue weighted by atomic mass is 9.83. The summed E-state index contributed by atoms with van der Waals surface area (Å²) in [7, 11) is 1.53. The van der Waals surface area contributed by atoms with Crippen molar-refractivity contribution in [1.29, 1.82) is 0 Å². The fourth-order valence-corrected chi connectivity index (χ4v) is 5.16. The maximum absolute atomic E-state index is 14.9. The van der Waals surface area contributed by atoms with Crippen LogP contribution in [-0.4, -0.2) is 38.2 Å². The van der Waals surface area contributed by atoms with E-state index in [1.165, 1.54) is 17.9 Å². The van der Waals surface area contributed by atoms with Gasteiger partial charge in [-0.05, 0) is 72.3 Å². The number of aromatic nitrogens is 4. The average molecular weight is 507 g/mol. The lowest BCUT2D eigenvalue weighted by Crippen LogP contribution is -2.15. The van der Waals surface area contributed by atoms with Gasteiger partial charge in [-0.1, -0.05) is 25.1 Å². The van der Waals surface area contributed by atoms with Gasteiger partial charge in [-0.25, -0.2) is 14.1 Å². The molecule has 1 aromatic carbocycles. The van der Waals surface area contributed by atoms with Crippen LogP contribution in [0.2, 0.25) is 0 Å². The van der Waals surface area contributed by atoms with Crippen molar-refractivity contribution in [3.05, 3.63) is 65.4 Å². The van der Waals surface area contributed by atoms with Crippen molar-refractivity contribution in [3.63, 3.8) is 0 Å². The molecule has 0 saturated heterocycles. The smallest absolute Gasteiger partial charge is 0.303 e. The van der Waals surface area contributed by atoms with E-state index in [9.17, 15) is 14.3 Å². The number of rotatable bonds is 10. The molecule has 37 heavy (non-hydrogen) atoms. The van der Waals surface area contributed by atoms with Crippen LogP contribution in [0.15, 0.2) is 42.6 Å². The SMILES string of the molecule is COc1ccc(F)c(-n2nnc(COc3cc([C@@H](CC(=O)O)C4CC4)ccn3)c2C2=CCCC2(C)C)c1. The molecule has 194 valence electrons. The zero-order chi connectivity index (χ0) is 26.2. The summed E-state index contributed by atoms with van der Waals surface area (Å²) >= 11 is 0. The van der Waals surface area contributed by atoms with Crippen LogP contribution < -0.4 is 9.47 Å². The van der Waals surface area contributed by atoms with Gasteiger partial charge in [0.05, 0.1) is 19.2 Å². The molecular formula is C28H31FN4O4. The van der Waals surface area contributed by atoms with Crippen molar-refractivity contribution in [1.82, 2.24) is 20.0 Å². The highest BCUT2D eigenvalue weighted by Gasteiger charge is 2.35. The van der Waals surface area contributed by atoms with Gasteiger partial charge in [0.15, 0.2) is 0 Å². The van der Waals surface area contributed by atoms with E-state index < -0.39 is 11.8 Å². The van der Waals surface area contributed by atoms with Crippen LogP contribution in [0.5, 0.6) is 11.6 Å². The van der Waals surface area contributed by atoms with E-state index in [1.807, 2.05) is 12.1 Å². The molecule has 2 aliphatic carbocycles. The second-order valence-corrected chi connectivity index (χ2v) is 10.4. The fourth-order valence-electron chi connectivity index (χ4n) is 5.16. The minimum Gasteiger partial charge on any atom is -0.497 e. The predicted octanol–water partition coefficient (Wildman–Crippen LogP) is 5.56. The van der Waals surface area contributed by atoms with Gasteiger partial charge in [0.25, 0.3) is 0 Å². The Balaban J connectivity index is 1.47. The van der Waals surface area contributed by atoms with Crippen molar-refractivity contribution in [3.8, 4) is 17.3 Å². The Labute approximate surface area is 215 Å². The van der Waals surface area contributed by atoms with E-state index in [4.69, 9.17) is 9.47 Å². The van der Waals surface area contributed by atoms with Gasteiger partial charge in [-0.15, -0.1) is 5.10 Å². The van der Waals surface area contributed by atoms with E-state index in [-0.39, 0.29) is 30.0 Å². The first-order chi connectivity index (χ1) is 17.8. The number of hydrogen-bond acceptors (Lipinski definition) is 6. The molecular weight excluding hydrogens is 475 g/mol. The number of ether oxygens (including phenoxy) is 2. The largest absolute Gasteiger partial charge is 0.497 e. The quantitative estimate of drug-likeness (QED) is 0.384. The third-order valence-corrected chi connectivity index (χ3v) is 7.35. The van der Waals surface area contributed by atoms with Gasteiger partial charge in [-0.3, -0.25) is 4.79 Å². The van der Waals surface area contributed by atoms with E-state index >= 15 is 0 Å². The maximum Gasteiger partial charge on any atom is 0.303 e. The molecule has 9 heteroatoms. The maximum atomic E-state index is 14.9. The van der Waals surface area contributed by atoms with Gasteiger partial charge in [-0.2, -0.15) is 0 Å². The molecule has 0 amide bonds. The third kappa shape index (κ3) is 5.21. The summed E-state index contributed by atoms with van der Waals surface area (Å²) < 4.78 is 27.8. The summed E-state index contributed by atoms with van der Waals surface area (Å²) in [6.45, 7) is 4.39. The molecule has 1 saturated carbocycles. The van der Waals surface area contributed by atoms with Crippen molar-refractivity contribution in [2.24, 2.45) is 11.3 Å². The zero-order valence-corrected chi connectivity index (χ0v) is 21.3. The van der Waals surface area contributed by atoms with Crippen LogP contribution in [0, 0.1) is 17.2 Å². The predicted molar refractivity (Wildman–Crippen MR) is 135 cm³/mol. The first kappa shape index (κ1) is 24.9. The number of aliphatic carboxylic acids is 1. The number of hydrogen-bond donors (Lipinski definition) is 1. The van der Waals surface area contributed by atoms with Gasteiger partial charge in [0.1, 0.15) is 29.6 Å². The minimum absolute atomic E-state index is 0.0558. The molecule has 2 aromatic heterocycles. The normalized spacial score (nSPS) is 17.4. The lowest BCUT2D eigenvalue weighted by molar-refractivity contribution is -0.137. The summed E-state index contributed by atoms with van der Waals surface area (Å²) in [5, 5.41) is 18.1. The Morgan fingerprint density at radius 2 is 2.08 bits per heavy atom. The molecule has 5 rings (SSSR count). The van der Waals surface area contributed by atoms with Crippen molar-refractivity contribution in [2.45, 2.75) is 58.5 Å². The molecule has 0 spiro atoms. The molecule has 2 aliphatic rings. The topological polar surface area (TPSA) is 99.4 Å². The van der Waals surface area contributed by atoms with E-state index in [1.54, 1.807) is 18.3 Å². The van der Waals surface area contributed by atoms with Crippen LogP contribution in [0.1, 0.15) is 68.8 Å². The average Bonchev–Trinajstić information content (AvgIpc) is 3.54. The number of nitrogens with zero attached hydrogens (tertiary/aromatic N) is 4. The number of benzene rings is 1. The van der Waals surface area contributed by atoms with Crippen LogP contribution in [0.4, 0.5) is 4.39 Å². The van der Waals surface area contributed by atoms with Gasteiger partial charge < -0.3 is 14.6 Å². The first-order valence-electron chi connectivity index (χ1n) is 12.6. The van der Waals surface area contributed by atoms with Gasteiger partial charge >= 0.3 is 5.97 Å². The summed E-state index contributed by atoms with van der Waals surface area (Å²) in [6.07, 6.45) is 7.83. The first-order valence-corrected chi connectivity index (χ1v) is 12.6. The molecule has 0 aliphatic heterocycles. The number of methoxy groups -OCH3 is 1. The zero-order valence-electron chi connectivity index (χ0n) is 21.3. The number of carbonyl (C=O) groups is 1. The summed E-state index contributed by atoms with van der Waals surface area (Å²) in [4.78, 5) is 15.7. The fraction of sp³-hybridized carbons (Fsp3) is 0.429. The van der Waals surface area contributed by atoms with Crippen molar-refractivity contribution >= 4 is 11.5 Å². The lowest BCUT2D eigenvalue weighted by Gasteiger charge is -2.24. The number of halogens is 1. The highest BCUT2D eigenvalue weighted by atomic mass is 19.1. The second-order valence-electron chi connectivity index (χ2n) is 10.4. The Morgan fingerprint density at radius 1 is 1.27 bits per heavy atom. The molecule has 0 bridgehead atoms. The molecule has 1 fully saturated rings. The number of carboxylic acid groups (broad SMARTS) is 1. The molecule has 0 radical (unpaired) electrons. The Kier molecular flexibility index (Phi) is 6.70. The highest BCUT2D eigenvalue weighted by molar-refractivity contribution is 5.72. The standard InChI is InChI=1S/C28H31FN4O4/c1-28(2)11-4-5-21(28)27-23(31-32-33(27)24-14-19(36-3)8-9-22(24)29)16-37-25-13-18(10-12-30-25)20(15-26(34)35)17-6-7-17/h5,8-10,12-14,17,20H,4,6-7,11,15-16H2,1-3H3,(H,34,35)/t20-/m0/s1. The number of pyridine rings is 1. The van der Waals surface area contributed by atoms with Crippen molar-refractivity contribution in [2.75, 3.05) is 7.11 Å². The monoisotopic (exact) mass is 506 g/mol. The second kappa shape index (κ2) is 9.95. The van der Waals surface area contributed by atoms with Gasteiger partial charge in [0, 0.05) is 18.3 Å². The Bertz CT molecular complexity index is 1350. The number of allylic oxidation sites excluding steroid dienone is 2. The molecule has 8 nitrogen and oxygen atoms in total. The van der Waals surface area contributed by atoms with Crippen LogP contribution in [0.3, 0.4) is 0 Å². The summed E-state index contributed by atoms with van der Waals surface area (Å²) in [5.41, 5.74) is 3.33. The number of carboxylic acids is 1. The molecule has 1 N–H and O–H groups in total. The van der Waals surface area contributed by atoms with Crippen LogP contribution in [-0.2, 0) is 11.4 Å². The van der Waals surface area contributed by atoms with Gasteiger partial charge in [0.2, 0.25) is 5.88 Å². The molecule has 1 atom stereocenters. The van der Waals surface area contributed by atoms with Crippen LogP contribution in [0.25, 0.3) is 11.3 Å². The molecule has 2 heterocycles. The van der Waals surface area contributed by atoms with E-state index in [0.29, 0.717) is 28.9 Å². The van der Waals surface area contributed by atoms with Crippen molar-refractivity contribution < 1.29 is 23.8 Å². The van der Waals surface area contributed by atoms with E-state index in [2.05, 4.69) is 35.2 Å².